The molecule has 8 heteroatoms. The molecule has 1 fully saturated rings. The molecule has 2 heterocycles. The van der Waals surface area contributed by atoms with Gasteiger partial charge in [0.25, 0.3) is 0 Å². The Kier molecular flexibility index (Phi) is 5.87. The van der Waals surface area contributed by atoms with Crippen LogP contribution in [0.15, 0.2) is 12.3 Å². The second-order valence-corrected chi connectivity index (χ2v) is 8.10. The maximum atomic E-state index is 12.5. The minimum Gasteiger partial charge on any atom is -0.496 e. The molecule has 0 radical (unpaired) electrons. The lowest BCUT2D eigenvalue weighted by Gasteiger charge is -2.47. The summed E-state index contributed by atoms with van der Waals surface area (Å²) in [6.45, 7) is 11.2. The van der Waals surface area contributed by atoms with Crippen molar-refractivity contribution in [3.63, 3.8) is 0 Å². The average molecular weight is 379 g/mol. The molecular formula is C19H29N3O5. The van der Waals surface area contributed by atoms with E-state index >= 15 is 0 Å². The number of amides is 1. The van der Waals surface area contributed by atoms with E-state index in [-0.39, 0.29) is 11.7 Å². The monoisotopic (exact) mass is 379 g/mol. The fourth-order valence-electron chi connectivity index (χ4n) is 3.04. The van der Waals surface area contributed by atoms with Gasteiger partial charge in [-0.15, -0.1) is 0 Å². The first-order chi connectivity index (χ1) is 12.5. The van der Waals surface area contributed by atoms with Gasteiger partial charge in [-0.1, -0.05) is 0 Å². The number of hydrogen-bond acceptors (Lipinski definition) is 7. The summed E-state index contributed by atoms with van der Waals surface area (Å²) >= 11 is 0. The number of pyridine rings is 1. The van der Waals surface area contributed by atoms with Crippen molar-refractivity contribution in [2.75, 3.05) is 38.8 Å². The number of aromatic nitrogens is 1. The number of carbonyl (C=O) groups is 2. The normalized spacial score (nSPS) is 16.7. The fourth-order valence-corrected chi connectivity index (χ4v) is 3.04. The van der Waals surface area contributed by atoms with Gasteiger partial charge in [-0.2, -0.15) is 0 Å². The summed E-state index contributed by atoms with van der Waals surface area (Å²) in [4.78, 5) is 32.5. The predicted octanol–water partition coefficient (Wildman–Crippen LogP) is 2.71. The van der Waals surface area contributed by atoms with Gasteiger partial charge >= 0.3 is 12.1 Å². The molecule has 27 heavy (non-hydrogen) atoms. The van der Waals surface area contributed by atoms with Crippen molar-refractivity contribution >= 4 is 17.9 Å². The quantitative estimate of drug-likeness (QED) is 0.747. The first-order valence-corrected chi connectivity index (χ1v) is 8.86. The van der Waals surface area contributed by atoms with Crippen LogP contribution in [0.2, 0.25) is 0 Å². The molecule has 0 atom stereocenters. The molecule has 1 aliphatic heterocycles. The lowest BCUT2D eigenvalue weighted by molar-refractivity contribution is 0.000280. The Morgan fingerprint density at radius 3 is 2.37 bits per heavy atom. The molecule has 2 rings (SSSR count). The van der Waals surface area contributed by atoms with Crippen LogP contribution in [-0.4, -0.2) is 66.9 Å². The van der Waals surface area contributed by atoms with Crippen LogP contribution in [0.3, 0.4) is 0 Å². The highest BCUT2D eigenvalue weighted by Crippen LogP contribution is 2.29. The van der Waals surface area contributed by atoms with E-state index in [2.05, 4.69) is 9.88 Å². The van der Waals surface area contributed by atoms with Gasteiger partial charge in [0.15, 0.2) is 0 Å². The zero-order valence-corrected chi connectivity index (χ0v) is 17.2. The Bertz CT molecular complexity index is 712. The predicted molar refractivity (Wildman–Crippen MR) is 101 cm³/mol. The third kappa shape index (κ3) is 4.81. The number of hydrogen-bond donors (Lipinski definition) is 0. The molecule has 0 aliphatic carbocycles. The lowest BCUT2D eigenvalue weighted by atomic mass is 9.99. The minimum atomic E-state index is -0.539. The highest BCUT2D eigenvalue weighted by Gasteiger charge is 2.39. The van der Waals surface area contributed by atoms with Crippen molar-refractivity contribution in [3.8, 4) is 5.75 Å². The second kappa shape index (κ2) is 7.62. The Labute approximate surface area is 160 Å². The Morgan fingerprint density at radius 2 is 1.85 bits per heavy atom. The number of methoxy groups -OCH3 is 2. The van der Waals surface area contributed by atoms with Gasteiger partial charge in [0.2, 0.25) is 0 Å². The van der Waals surface area contributed by atoms with Crippen molar-refractivity contribution in [2.45, 2.75) is 45.8 Å². The van der Waals surface area contributed by atoms with Crippen LogP contribution in [0.25, 0.3) is 0 Å². The molecule has 0 bridgehead atoms. The van der Waals surface area contributed by atoms with Gasteiger partial charge in [0.05, 0.1) is 19.8 Å². The van der Waals surface area contributed by atoms with Crippen LogP contribution < -0.4 is 9.64 Å². The zero-order chi connectivity index (χ0) is 20.4. The average Bonchev–Trinajstić information content (AvgIpc) is 2.57. The molecule has 0 aromatic carbocycles. The third-order valence-corrected chi connectivity index (χ3v) is 4.32. The highest BCUT2D eigenvalue weighted by atomic mass is 16.6. The lowest BCUT2D eigenvalue weighted by Crippen LogP contribution is -2.62. The number of nitrogens with zero attached hydrogens (tertiary/aromatic N) is 3. The molecule has 8 nitrogen and oxygen atoms in total. The Morgan fingerprint density at radius 1 is 1.19 bits per heavy atom. The number of anilines is 1. The van der Waals surface area contributed by atoms with E-state index in [4.69, 9.17) is 14.2 Å². The summed E-state index contributed by atoms with van der Waals surface area (Å²) < 4.78 is 15.6. The fraction of sp³-hybridized carbons (Fsp3) is 0.632. The number of piperazine rings is 1. The molecule has 0 saturated carbocycles. The van der Waals surface area contributed by atoms with Crippen molar-refractivity contribution in [1.29, 1.82) is 0 Å². The minimum absolute atomic E-state index is 0.274. The van der Waals surface area contributed by atoms with Crippen LogP contribution in [-0.2, 0) is 9.47 Å². The number of esters is 1. The zero-order valence-electron chi connectivity index (χ0n) is 17.2. The Balaban J connectivity index is 2.19. The van der Waals surface area contributed by atoms with Gasteiger partial charge in [0, 0.05) is 31.9 Å². The third-order valence-electron chi connectivity index (χ3n) is 4.32. The molecule has 0 unspecified atom stereocenters. The standard InChI is InChI=1S/C19H29N3O5/c1-18(2,3)27-17(24)22-9-8-21(12-19(22,4)5)15-10-14(25-6)13(11-20-15)16(23)26-7/h10-11H,8-9,12H2,1-7H3. The van der Waals surface area contributed by atoms with Gasteiger partial charge in [0.1, 0.15) is 22.7 Å². The maximum Gasteiger partial charge on any atom is 0.410 e. The maximum absolute atomic E-state index is 12.5. The molecule has 0 spiro atoms. The summed E-state index contributed by atoms with van der Waals surface area (Å²) in [6.07, 6.45) is 1.13. The topological polar surface area (TPSA) is 81.2 Å². The second-order valence-electron chi connectivity index (χ2n) is 8.10. The van der Waals surface area contributed by atoms with Crippen LogP contribution >= 0.6 is 0 Å². The van der Waals surface area contributed by atoms with Crippen molar-refractivity contribution in [1.82, 2.24) is 9.88 Å². The summed E-state index contributed by atoms with van der Waals surface area (Å²) in [5.74, 6) is 0.580. The summed E-state index contributed by atoms with van der Waals surface area (Å²) in [6, 6.07) is 1.71. The summed E-state index contributed by atoms with van der Waals surface area (Å²) in [5, 5.41) is 0. The van der Waals surface area contributed by atoms with Gasteiger partial charge in [-0.3, -0.25) is 4.90 Å². The Hall–Kier alpha value is -2.51. The van der Waals surface area contributed by atoms with E-state index in [1.807, 2.05) is 34.6 Å². The van der Waals surface area contributed by atoms with E-state index in [1.54, 1.807) is 11.0 Å². The molecule has 150 valence electrons. The van der Waals surface area contributed by atoms with Gasteiger partial charge in [-0.25, -0.2) is 14.6 Å². The smallest absolute Gasteiger partial charge is 0.410 e. The summed E-state index contributed by atoms with van der Waals surface area (Å²) in [5.41, 5.74) is -0.713. The van der Waals surface area contributed by atoms with Gasteiger partial charge in [-0.05, 0) is 34.6 Å². The molecule has 1 aromatic rings. The van der Waals surface area contributed by atoms with Crippen molar-refractivity contribution < 1.29 is 23.8 Å². The highest BCUT2D eigenvalue weighted by molar-refractivity contribution is 5.92. The van der Waals surface area contributed by atoms with E-state index in [9.17, 15) is 9.59 Å². The van der Waals surface area contributed by atoms with E-state index < -0.39 is 17.1 Å². The molecule has 1 saturated heterocycles. The first kappa shape index (κ1) is 20.8. The SMILES string of the molecule is COC(=O)c1cnc(N2CCN(C(=O)OC(C)(C)C)C(C)(C)C2)cc1OC. The van der Waals surface area contributed by atoms with Crippen LogP contribution in [0.5, 0.6) is 5.75 Å². The number of carbonyl (C=O) groups excluding carboxylic acids is 2. The van der Waals surface area contributed by atoms with E-state index in [0.29, 0.717) is 31.2 Å². The van der Waals surface area contributed by atoms with E-state index in [0.717, 1.165) is 0 Å². The molecule has 1 aromatic heterocycles. The number of ether oxygens (including phenoxy) is 3. The van der Waals surface area contributed by atoms with E-state index in [1.165, 1.54) is 20.4 Å². The first-order valence-electron chi connectivity index (χ1n) is 8.86. The van der Waals surface area contributed by atoms with Crippen molar-refractivity contribution in [3.05, 3.63) is 17.8 Å². The molecule has 1 amide bonds. The molecule has 1 aliphatic rings. The van der Waals surface area contributed by atoms with Gasteiger partial charge < -0.3 is 19.1 Å². The van der Waals surface area contributed by atoms with Crippen LogP contribution in [0.1, 0.15) is 45.0 Å². The molecule has 0 N–H and O–H groups in total. The van der Waals surface area contributed by atoms with Crippen LogP contribution in [0, 0.1) is 0 Å². The molecular weight excluding hydrogens is 350 g/mol. The number of rotatable bonds is 3. The van der Waals surface area contributed by atoms with Crippen molar-refractivity contribution in [2.24, 2.45) is 0 Å². The van der Waals surface area contributed by atoms with Crippen LogP contribution in [0.4, 0.5) is 10.6 Å². The largest absolute Gasteiger partial charge is 0.496 e. The summed E-state index contributed by atoms with van der Waals surface area (Å²) in [7, 11) is 2.81.